The number of rotatable bonds is 10. The van der Waals surface area contributed by atoms with E-state index in [-0.39, 0.29) is 33.0 Å². The largest absolute Gasteiger partial charge is 0.472 e. The van der Waals surface area contributed by atoms with Crippen LogP contribution < -0.4 is 0 Å². The van der Waals surface area contributed by atoms with E-state index in [1.165, 1.54) is 47.2 Å². The molecule has 2 fully saturated rings. The number of pyridine rings is 1. The number of hydrogen-bond donors (Lipinski definition) is 0. The second-order valence-electron chi connectivity index (χ2n) is 18.7. The monoisotopic (exact) mass is 761 g/mol. The third kappa shape index (κ3) is 7.62. The number of aromatic nitrogens is 1. The number of oxime groups is 2. The molecule has 0 aromatic carbocycles. The number of allylic oxidation sites excluding steroid dienone is 4. The molecule has 9 heteroatoms. The molecule has 3 aromatic heterocycles. The molecule has 7 rings (SSSR count). The number of aryl methyl sites for hydroxylation is 2. The van der Waals surface area contributed by atoms with Crippen molar-refractivity contribution in [2.45, 2.75) is 132 Å². The van der Waals surface area contributed by atoms with Crippen molar-refractivity contribution in [3.8, 4) is 0 Å². The molecule has 0 spiro atoms. The highest BCUT2D eigenvalue weighted by molar-refractivity contribution is 6.03. The van der Waals surface area contributed by atoms with Gasteiger partial charge in [0.2, 0.25) is 0 Å². The van der Waals surface area contributed by atoms with Crippen LogP contribution in [0.4, 0.5) is 0 Å². The first-order valence-electron chi connectivity index (χ1n) is 20.6. The van der Waals surface area contributed by atoms with E-state index in [1.54, 1.807) is 18.6 Å². The molecule has 0 radical (unpaired) electrons. The standard InChI is InChI=1S/C47H59N3O6/c1-30-34(16-14-32-18-24-53-28-32)46(7)22-10-20-44(3,4)40(46)26-38(30)49-55-42(51)36-12-9-13-37(48-36)43(52)56-50-39-27-41-45(5,6)21-11-23-47(41,8)35(31(39)2)17-15-33-19-25-54-29-33/h9,12-13,18-19,24-25,28-29,40-41H,10-11,14-17,20-23,26-27H2,1-8H3/b49-38-,50-39-/t40-,41-,46+,47+/m0/s1. The Morgan fingerprint density at radius 1 is 0.661 bits per heavy atom. The Morgan fingerprint density at radius 3 is 1.48 bits per heavy atom. The molecule has 0 N–H and O–H groups in total. The third-order valence-corrected chi connectivity index (χ3v) is 14.5. The number of hydrogen-bond acceptors (Lipinski definition) is 9. The summed E-state index contributed by atoms with van der Waals surface area (Å²) < 4.78 is 10.7. The summed E-state index contributed by atoms with van der Waals surface area (Å²) in [5.74, 6) is -0.741. The molecule has 4 atom stereocenters. The lowest BCUT2D eigenvalue weighted by molar-refractivity contribution is 0.0246. The van der Waals surface area contributed by atoms with Crippen molar-refractivity contribution in [2.75, 3.05) is 0 Å². The zero-order valence-corrected chi connectivity index (χ0v) is 34.6. The normalized spacial score (nSPS) is 28.6. The van der Waals surface area contributed by atoms with E-state index >= 15 is 0 Å². The fourth-order valence-corrected chi connectivity index (χ4v) is 11.4. The van der Waals surface area contributed by atoms with Gasteiger partial charge in [0.15, 0.2) is 11.4 Å². The van der Waals surface area contributed by atoms with E-state index in [0.717, 1.165) is 86.8 Å². The summed E-state index contributed by atoms with van der Waals surface area (Å²) in [5, 5.41) is 8.99. The molecule has 0 unspecified atom stereocenters. The summed E-state index contributed by atoms with van der Waals surface area (Å²) in [4.78, 5) is 42.5. The zero-order chi connectivity index (χ0) is 39.9. The molecule has 2 saturated carbocycles. The second kappa shape index (κ2) is 15.4. The Hall–Kier alpha value is -4.53. The van der Waals surface area contributed by atoms with Crippen LogP contribution in [-0.2, 0) is 22.5 Å². The average Bonchev–Trinajstić information content (AvgIpc) is 3.88. The highest BCUT2D eigenvalue weighted by Gasteiger charge is 2.53. The molecule has 298 valence electrons. The van der Waals surface area contributed by atoms with E-state index < -0.39 is 11.9 Å². The summed E-state index contributed by atoms with van der Waals surface area (Å²) in [6.45, 7) is 18.5. The summed E-state index contributed by atoms with van der Waals surface area (Å²) in [5.41, 5.74) is 9.13. The van der Waals surface area contributed by atoms with E-state index in [1.807, 2.05) is 24.7 Å². The SMILES string of the molecule is CC1=C(CCc2ccoc2)[C@@]2(C)CCCC(C)(C)[C@@H]2C/C1=N/OC(=O)c1cccc(C(=O)O/N=C2/C[C@H]3C(C)(C)CCC[C@]3(C)C(CCc3ccoc3)=C2C)n1. The summed E-state index contributed by atoms with van der Waals surface area (Å²) in [6, 6.07) is 8.70. The van der Waals surface area contributed by atoms with Crippen LogP contribution in [0.5, 0.6) is 0 Å². The van der Waals surface area contributed by atoms with Crippen molar-refractivity contribution in [1.29, 1.82) is 0 Å². The van der Waals surface area contributed by atoms with Crippen LogP contribution in [0.25, 0.3) is 0 Å². The molecule has 3 heterocycles. The number of furan rings is 2. The van der Waals surface area contributed by atoms with Crippen LogP contribution in [0.3, 0.4) is 0 Å². The first-order valence-corrected chi connectivity index (χ1v) is 20.6. The minimum absolute atomic E-state index is 0.0214. The molecular weight excluding hydrogens is 703 g/mol. The lowest BCUT2D eigenvalue weighted by Crippen LogP contribution is -2.47. The minimum Gasteiger partial charge on any atom is -0.472 e. The Bertz CT molecular complexity index is 1920. The van der Waals surface area contributed by atoms with Crippen molar-refractivity contribution in [1.82, 2.24) is 4.98 Å². The first-order chi connectivity index (χ1) is 26.6. The molecule has 0 saturated heterocycles. The van der Waals surface area contributed by atoms with Crippen LogP contribution in [0.2, 0.25) is 0 Å². The molecule has 9 nitrogen and oxygen atoms in total. The molecule has 0 aliphatic heterocycles. The average molecular weight is 762 g/mol. The van der Waals surface area contributed by atoms with Crippen molar-refractivity contribution in [2.24, 2.45) is 43.8 Å². The van der Waals surface area contributed by atoms with E-state index in [9.17, 15) is 9.59 Å². The first kappa shape index (κ1) is 39.7. The second-order valence-corrected chi connectivity index (χ2v) is 18.7. The van der Waals surface area contributed by atoms with Gasteiger partial charge in [0, 0.05) is 0 Å². The van der Waals surface area contributed by atoms with Gasteiger partial charge in [0.05, 0.1) is 36.5 Å². The number of carbonyl (C=O) groups is 2. The van der Waals surface area contributed by atoms with Crippen LogP contribution in [0.15, 0.2) is 96.8 Å². The smallest absolute Gasteiger partial charge is 0.383 e. The molecule has 3 aromatic rings. The maximum atomic E-state index is 13.5. The van der Waals surface area contributed by atoms with Gasteiger partial charge >= 0.3 is 11.9 Å². The summed E-state index contributed by atoms with van der Waals surface area (Å²) >= 11 is 0. The number of carbonyl (C=O) groups excluding carboxylic acids is 2. The highest BCUT2D eigenvalue weighted by atomic mass is 16.7. The van der Waals surface area contributed by atoms with Crippen molar-refractivity contribution < 1.29 is 28.1 Å². The van der Waals surface area contributed by atoms with Crippen molar-refractivity contribution in [3.05, 3.63) is 100 Å². The van der Waals surface area contributed by atoms with Gasteiger partial charge in [-0.15, -0.1) is 0 Å². The van der Waals surface area contributed by atoms with Crippen LogP contribution in [0, 0.1) is 33.5 Å². The molecule has 4 aliphatic rings. The van der Waals surface area contributed by atoms with Crippen molar-refractivity contribution in [3.63, 3.8) is 0 Å². The Morgan fingerprint density at radius 2 is 1.09 bits per heavy atom. The van der Waals surface area contributed by atoms with Gasteiger partial charge in [0.25, 0.3) is 0 Å². The lowest BCUT2D eigenvalue weighted by atomic mass is 9.49. The van der Waals surface area contributed by atoms with Gasteiger partial charge in [0.1, 0.15) is 0 Å². The fourth-order valence-electron chi connectivity index (χ4n) is 11.4. The predicted molar refractivity (Wildman–Crippen MR) is 217 cm³/mol. The quantitative estimate of drug-likeness (QED) is 0.149. The molecule has 0 bridgehead atoms. The van der Waals surface area contributed by atoms with Crippen LogP contribution in [0.1, 0.15) is 152 Å². The number of fused-ring (bicyclic) bond motifs is 2. The van der Waals surface area contributed by atoms with Gasteiger partial charge in [-0.2, -0.15) is 0 Å². The molecular formula is C47H59N3O6. The Labute approximate surface area is 332 Å². The predicted octanol–water partition coefficient (Wildman–Crippen LogP) is 11.7. The maximum Gasteiger partial charge on any atom is 0.383 e. The van der Waals surface area contributed by atoms with Gasteiger partial charge in [-0.3, -0.25) is 0 Å². The minimum atomic E-state index is -0.727. The molecule has 4 aliphatic carbocycles. The van der Waals surface area contributed by atoms with Crippen LogP contribution >= 0.6 is 0 Å². The molecule has 0 amide bonds. The Kier molecular flexibility index (Phi) is 10.9. The van der Waals surface area contributed by atoms with Gasteiger partial charge in [-0.25, -0.2) is 14.6 Å². The summed E-state index contributed by atoms with van der Waals surface area (Å²) in [7, 11) is 0. The highest BCUT2D eigenvalue weighted by Crippen LogP contribution is 2.61. The third-order valence-electron chi connectivity index (χ3n) is 14.5. The zero-order valence-electron chi connectivity index (χ0n) is 34.6. The van der Waals surface area contributed by atoms with Crippen LogP contribution in [-0.4, -0.2) is 28.3 Å². The number of nitrogens with zero attached hydrogens (tertiary/aromatic N) is 3. The van der Waals surface area contributed by atoms with Gasteiger partial charge in [-0.05, 0) is 158 Å². The fraction of sp³-hybridized carbons (Fsp3) is 0.553. The van der Waals surface area contributed by atoms with Crippen molar-refractivity contribution >= 4 is 23.4 Å². The van der Waals surface area contributed by atoms with E-state index in [4.69, 9.17) is 18.5 Å². The topological polar surface area (TPSA) is 116 Å². The lowest BCUT2D eigenvalue weighted by Gasteiger charge is -2.55. The van der Waals surface area contributed by atoms with E-state index in [0.29, 0.717) is 11.8 Å². The maximum absolute atomic E-state index is 13.5. The summed E-state index contributed by atoms with van der Waals surface area (Å²) in [6.07, 6.45) is 19.0. The van der Waals surface area contributed by atoms with Gasteiger partial charge < -0.3 is 18.5 Å². The Balaban J connectivity index is 1.09. The van der Waals surface area contributed by atoms with E-state index in [2.05, 4.69) is 70.7 Å². The van der Waals surface area contributed by atoms with Gasteiger partial charge in [-0.1, -0.05) is 81.9 Å². The molecule has 56 heavy (non-hydrogen) atoms.